The summed E-state index contributed by atoms with van der Waals surface area (Å²) in [6.07, 6.45) is 0. The van der Waals surface area contributed by atoms with Crippen LogP contribution in [0.5, 0.6) is 0 Å². The quantitative estimate of drug-likeness (QED) is 0.810. The largest absolute Gasteiger partial charge is 0.461 e. The van der Waals surface area contributed by atoms with Gasteiger partial charge in [0.1, 0.15) is 4.60 Å². The predicted octanol–water partition coefficient (Wildman–Crippen LogP) is 3.46. The lowest BCUT2D eigenvalue weighted by Gasteiger charge is -2.04. The van der Waals surface area contributed by atoms with E-state index >= 15 is 0 Å². The number of rotatable bonds is 3. The highest BCUT2D eigenvalue weighted by molar-refractivity contribution is 9.10. The summed E-state index contributed by atoms with van der Waals surface area (Å²) in [6, 6.07) is 8.85. The molecule has 0 aliphatic rings. The zero-order valence-electron chi connectivity index (χ0n) is 9.56. The topological polar surface area (TPSA) is 44.1 Å². The summed E-state index contributed by atoms with van der Waals surface area (Å²) in [5, 5.41) is 4.72. The third kappa shape index (κ3) is 2.57. The third-order valence-electron chi connectivity index (χ3n) is 2.23. The molecule has 0 atom stereocenters. The van der Waals surface area contributed by atoms with Gasteiger partial charge in [0.15, 0.2) is 5.69 Å². The van der Waals surface area contributed by atoms with Gasteiger partial charge in [0, 0.05) is 6.07 Å². The lowest BCUT2D eigenvalue weighted by Crippen LogP contribution is -2.06. The van der Waals surface area contributed by atoms with Gasteiger partial charge in [-0.25, -0.2) is 9.48 Å². The van der Waals surface area contributed by atoms with Crippen LogP contribution in [-0.2, 0) is 4.74 Å². The van der Waals surface area contributed by atoms with Crippen molar-refractivity contribution in [3.63, 3.8) is 0 Å². The Hall–Kier alpha value is -1.33. The summed E-state index contributed by atoms with van der Waals surface area (Å²) >= 11 is 9.42. The number of hydrogen-bond acceptors (Lipinski definition) is 3. The zero-order valence-corrected chi connectivity index (χ0v) is 11.9. The van der Waals surface area contributed by atoms with Crippen LogP contribution in [0.4, 0.5) is 0 Å². The fourth-order valence-corrected chi connectivity index (χ4v) is 2.16. The van der Waals surface area contributed by atoms with Gasteiger partial charge in [-0.2, -0.15) is 5.10 Å². The van der Waals surface area contributed by atoms with E-state index < -0.39 is 5.97 Å². The van der Waals surface area contributed by atoms with Crippen molar-refractivity contribution < 1.29 is 9.53 Å². The van der Waals surface area contributed by atoms with Crippen molar-refractivity contribution in [2.24, 2.45) is 0 Å². The molecular weight excluding hydrogens is 320 g/mol. The second-order valence-electron chi connectivity index (χ2n) is 3.44. The highest BCUT2D eigenvalue weighted by atomic mass is 79.9. The molecule has 0 bridgehead atoms. The fraction of sp³-hybridized carbons (Fsp3) is 0.167. The summed E-state index contributed by atoms with van der Waals surface area (Å²) in [5.74, 6) is -0.455. The summed E-state index contributed by atoms with van der Waals surface area (Å²) in [7, 11) is 0. The standard InChI is InChI=1S/C12H10BrClN2O2/c1-2-18-12(17)9-7-11(13)16(15-9)10-6-4-3-5-8(10)14/h3-7H,2H2,1H3. The maximum atomic E-state index is 11.6. The van der Waals surface area contributed by atoms with Crippen LogP contribution in [-0.4, -0.2) is 22.4 Å². The van der Waals surface area contributed by atoms with Crippen molar-refractivity contribution in [3.05, 3.63) is 45.7 Å². The number of para-hydroxylation sites is 1. The van der Waals surface area contributed by atoms with Gasteiger partial charge in [-0.3, -0.25) is 0 Å². The first-order chi connectivity index (χ1) is 8.63. The summed E-state index contributed by atoms with van der Waals surface area (Å²) in [6.45, 7) is 2.06. The summed E-state index contributed by atoms with van der Waals surface area (Å²) < 4.78 is 7.08. The SMILES string of the molecule is CCOC(=O)c1cc(Br)n(-c2ccccc2Cl)n1. The van der Waals surface area contributed by atoms with E-state index in [1.165, 1.54) is 0 Å². The number of hydrogen-bond donors (Lipinski definition) is 0. The van der Waals surface area contributed by atoms with E-state index in [1.54, 1.807) is 23.7 Å². The molecule has 0 amide bonds. The molecule has 0 unspecified atom stereocenters. The van der Waals surface area contributed by atoms with Crippen LogP contribution in [0.2, 0.25) is 5.02 Å². The predicted molar refractivity (Wildman–Crippen MR) is 72.2 cm³/mol. The van der Waals surface area contributed by atoms with Crippen LogP contribution < -0.4 is 0 Å². The lowest BCUT2D eigenvalue weighted by atomic mass is 10.3. The van der Waals surface area contributed by atoms with Crippen molar-refractivity contribution in [1.29, 1.82) is 0 Å². The minimum Gasteiger partial charge on any atom is -0.461 e. The lowest BCUT2D eigenvalue weighted by molar-refractivity contribution is 0.0519. The first-order valence-corrected chi connectivity index (χ1v) is 6.48. The molecule has 1 heterocycles. The molecule has 2 rings (SSSR count). The number of aromatic nitrogens is 2. The third-order valence-corrected chi connectivity index (χ3v) is 3.12. The number of carbonyl (C=O) groups excluding carboxylic acids is 1. The first-order valence-electron chi connectivity index (χ1n) is 5.31. The maximum Gasteiger partial charge on any atom is 0.358 e. The molecule has 0 aliphatic carbocycles. The van der Waals surface area contributed by atoms with E-state index in [2.05, 4.69) is 21.0 Å². The smallest absolute Gasteiger partial charge is 0.358 e. The van der Waals surface area contributed by atoms with Gasteiger partial charge < -0.3 is 4.74 Å². The summed E-state index contributed by atoms with van der Waals surface area (Å²) in [5.41, 5.74) is 0.935. The van der Waals surface area contributed by atoms with Gasteiger partial charge in [0.05, 0.1) is 17.3 Å². The van der Waals surface area contributed by atoms with E-state index in [1.807, 2.05) is 18.2 Å². The van der Waals surface area contributed by atoms with Gasteiger partial charge in [-0.15, -0.1) is 0 Å². The van der Waals surface area contributed by atoms with Crippen LogP contribution in [0.15, 0.2) is 34.9 Å². The van der Waals surface area contributed by atoms with Crippen molar-refractivity contribution in [3.8, 4) is 5.69 Å². The molecule has 1 aromatic heterocycles. The van der Waals surface area contributed by atoms with Crippen molar-refractivity contribution >= 4 is 33.5 Å². The Morgan fingerprint density at radius 1 is 1.50 bits per heavy atom. The molecule has 0 radical (unpaired) electrons. The number of ether oxygens (including phenoxy) is 1. The van der Waals surface area contributed by atoms with Gasteiger partial charge in [0.2, 0.25) is 0 Å². The van der Waals surface area contributed by atoms with Crippen molar-refractivity contribution in [2.75, 3.05) is 6.61 Å². The number of nitrogens with zero attached hydrogens (tertiary/aromatic N) is 2. The summed E-state index contributed by atoms with van der Waals surface area (Å²) in [4.78, 5) is 11.6. The minimum absolute atomic E-state index is 0.239. The van der Waals surface area contributed by atoms with Crippen LogP contribution in [0.3, 0.4) is 0 Å². The van der Waals surface area contributed by atoms with Crippen molar-refractivity contribution in [1.82, 2.24) is 9.78 Å². The molecule has 0 N–H and O–H groups in total. The van der Waals surface area contributed by atoms with Gasteiger partial charge in [-0.05, 0) is 35.0 Å². The fourth-order valence-electron chi connectivity index (χ4n) is 1.46. The van der Waals surface area contributed by atoms with Crippen molar-refractivity contribution in [2.45, 2.75) is 6.92 Å². The first kappa shape index (κ1) is 13.1. The Morgan fingerprint density at radius 3 is 2.89 bits per heavy atom. The molecule has 94 valence electrons. The van der Waals surface area contributed by atoms with E-state index in [9.17, 15) is 4.79 Å². The van der Waals surface area contributed by atoms with Gasteiger partial charge >= 0.3 is 5.97 Å². The molecule has 0 spiro atoms. The molecule has 2 aromatic rings. The molecule has 0 aliphatic heterocycles. The zero-order chi connectivity index (χ0) is 13.1. The highest BCUT2D eigenvalue weighted by Crippen LogP contribution is 2.24. The second-order valence-corrected chi connectivity index (χ2v) is 4.66. The van der Waals surface area contributed by atoms with E-state index in [0.29, 0.717) is 21.9 Å². The molecule has 0 saturated heterocycles. The Bertz CT molecular complexity index is 583. The number of esters is 1. The molecule has 6 heteroatoms. The maximum absolute atomic E-state index is 11.6. The van der Waals surface area contributed by atoms with Crippen LogP contribution in [0, 0.1) is 0 Å². The Labute approximate surface area is 118 Å². The van der Waals surface area contributed by atoms with Crippen LogP contribution in [0.1, 0.15) is 17.4 Å². The van der Waals surface area contributed by atoms with E-state index in [0.717, 1.165) is 0 Å². The van der Waals surface area contributed by atoms with Crippen LogP contribution >= 0.6 is 27.5 Å². The second kappa shape index (κ2) is 5.54. The Balaban J connectivity index is 2.42. The Morgan fingerprint density at radius 2 is 2.22 bits per heavy atom. The average Bonchev–Trinajstić information content (AvgIpc) is 2.72. The Kier molecular flexibility index (Phi) is 4.04. The molecule has 1 aromatic carbocycles. The molecule has 0 saturated carbocycles. The number of halogens is 2. The monoisotopic (exact) mass is 328 g/mol. The number of carbonyl (C=O) groups is 1. The molecule has 18 heavy (non-hydrogen) atoms. The molecule has 0 fully saturated rings. The average molecular weight is 330 g/mol. The van der Waals surface area contributed by atoms with Gasteiger partial charge in [0.25, 0.3) is 0 Å². The van der Waals surface area contributed by atoms with Gasteiger partial charge in [-0.1, -0.05) is 23.7 Å². The minimum atomic E-state index is -0.455. The van der Waals surface area contributed by atoms with Crippen LogP contribution in [0.25, 0.3) is 5.69 Å². The number of benzene rings is 1. The molecular formula is C12H10BrClN2O2. The highest BCUT2D eigenvalue weighted by Gasteiger charge is 2.15. The van der Waals surface area contributed by atoms with E-state index in [4.69, 9.17) is 16.3 Å². The normalized spacial score (nSPS) is 10.4. The van der Waals surface area contributed by atoms with E-state index in [-0.39, 0.29) is 5.69 Å². The molecule has 4 nitrogen and oxygen atoms in total.